The maximum absolute atomic E-state index is 14.8. The van der Waals surface area contributed by atoms with E-state index < -0.39 is 40.1 Å². The molecular formula is C21H20F3N5O2S. The Hall–Kier alpha value is -3.10. The van der Waals surface area contributed by atoms with Gasteiger partial charge in [-0.1, -0.05) is 11.8 Å². The Balaban J connectivity index is 2.04. The number of amides is 1. The summed E-state index contributed by atoms with van der Waals surface area (Å²) < 4.78 is 42.6. The molecule has 0 radical (unpaired) electrons. The van der Waals surface area contributed by atoms with Gasteiger partial charge in [-0.25, -0.2) is 23.1 Å². The number of rotatable bonds is 5. The molecule has 1 aliphatic heterocycles. The number of pyridine rings is 1. The van der Waals surface area contributed by atoms with E-state index >= 15 is 0 Å². The van der Waals surface area contributed by atoms with Gasteiger partial charge in [0.2, 0.25) is 0 Å². The number of aliphatic hydroxyl groups is 1. The normalized spacial score (nSPS) is 22.7. The van der Waals surface area contributed by atoms with Crippen LogP contribution in [0.15, 0.2) is 29.4 Å². The number of nitrogens with zero attached hydrogens (tertiary/aromatic N) is 3. The highest BCUT2D eigenvalue weighted by Gasteiger charge is 2.47. The molecule has 2 atom stereocenters. The summed E-state index contributed by atoms with van der Waals surface area (Å²) in [5.41, 5.74) is 4.03. The summed E-state index contributed by atoms with van der Waals surface area (Å²) in [6.45, 7) is 1.60. The first kappa shape index (κ1) is 23.6. The highest BCUT2D eigenvalue weighted by molar-refractivity contribution is 8.15. The standard InChI is InChI=1S/C21H20F3N5O2S/c1-11-3-12(6-25)7-27-17(11)18(31)28-13-4-14(16(24)15(23)5-13)21(9-22)8-20(2,10-30)32-19(26)29-21/h3-5,7,30H,8-10H2,1-2H3,(H2,26,29)(H,28,31)/t20-,21-/m1/s1. The lowest BCUT2D eigenvalue weighted by atomic mass is 9.82. The van der Waals surface area contributed by atoms with E-state index in [-0.39, 0.29) is 35.1 Å². The lowest BCUT2D eigenvalue weighted by molar-refractivity contribution is 0.102. The Labute approximate surface area is 186 Å². The van der Waals surface area contributed by atoms with Crippen molar-refractivity contribution >= 4 is 28.5 Å². The molecule has 32 heavy (non-hydrogen) atoms. The molecule has 0 aliphatic carbocycles. The van der Waals surface area contributed by atoms with Gasteiger partial charge in [-0.05, 0) is 38.0 Å². The van der Waals surface area contributed by atoms with E-state index in [0.29, 0.717) is 5.56 Å². The average Bonchev–Trinajstić information content (AvgIpc) is 2.75. The summed E-state index contributed by atoms with van der Waals surface area (Å²) >= 11 is 1.02. The Morgan fingerprint density at radius 2 is 2.12 bits per heavy atom. The monoisotopic (exact) mass is 463 g/mol. The number of nitrogens with one attached hydrogen (secondary N) is 1. The lowest BCUT2D eigenvalue weighted by Crippen LogP contribution is -2.45. The molecule has 0 fully saturated rings. The first-order valence-electron chi connectivity index (χ1n) is 9.45. The third kappa shape index (κ3) is 4.42. The number of thioether (sulfide) groups is 1. The number of alkyl halides is 1. The van der Waals surface area contributed by atoms with Crippen molar-refractivity contribution < 1.29 is 23.1 Å². The number of aliphatic imine (C=N–C) groups is 1. The van der Waals surface area contributed by atoms with E-state index in [2.05, 4.69) is 15.3 Å². The van der Waals surface area contributed by atoms with Gasteiger partial charge in [-0.2, -0.15) is 5.26 Å². The first-order valence-corrected chi connectivity index (χ1v) is 10.3. The zero-order valence-corrected chi connectivity index (χ0v) is 18.1. The third-order valence-corrected chi connectivity index (χ3v) is 6.17. The van der Waals surface area contributed by atoms with Crippen LogP contribution in [0, 0.1) is 29.9 Å². The molecule has 0 unspecified atom stereocenters. The van der Waals surface area contributed by atoms with Crippen LogP contribution in [0.25, 0.3) is 0 Å². The van der Waals surface area contributed by atoms with Gasteiger partial charge in [-0.15, -0.1) is 0 Å². The van der Waals surface area contributed by atoms with Gasteiger partial charge >= 0.3 is 0 Å². The van der Waals surface area contributed by atoms with Crippen LogP contribution in [-0.4, -0.2) is 39.2 Å². The molecule has 1 aliphatic rings. The van der Waals surface area contributed by atoms with E-state index in [1.165, 1.54) is 12.3 Å². The van der Waals surface area contributed by atoms with Gasteiger partial charge in [-0.3, -0.25) is 4.79 Å². The van der Waals surface area contributed by atoms with Gasteiger partial charge in [0, 0.05) is 28.3 Å². The first-order chi connectivity index (χ1) is 15.1. The van der Waals surface area contributed by atoms with Gasteiger partial charge in [0.1, 0.15) is 24.0 Å². The van der Waals surface area contributed by atoms with E-state index in [9.17, 15) is 23.1 Å². The minimum absolute atomic E-state index is 0.0142. The van der Waals surface area contributed by atoms with Crippen LogP contribution < -0.4 is 11.1 Å². The maximum Gasteiger partial charge on any atom is 0.274 e. The second-order valence-corrected chi connectivity index (χ2v) is 9.39. The van der Waals surface area contributed by atoms with Crippen LogP contribution >= 0.6 is 11.8 Å². The molecule has 168 valence electrons. The fourth-order valence-corrected chi connectivity index (χ4v) is 4.74. The number of nitrogens with two attached hydrogens (primary N) is 1. The zero-order valence-electron chi connectivity index (χ0n) is 17.2. The molecule has 7 nitrogen and oxygen atoms in total. The van der Waals surface area contributed by atoms with Crippen molar-refractivity contribution in [2.45, 2.75) is 30.6 Å². The third-order valence-electron chi connectivity index (χ3n) is 5.11. The van der Waals surface area contributed by atoms with Crippen LogP contribution in [0.5, 0.6) is 0 Å². The zero-order chi connectivity index (χ0) is 23.7. The summed E-state index contributed by atoms with van der Waals surface area (Å²) in [7, 11) is 0. The molecule has 1 amide bonds. The Kier molecular flexibility index (Phi) is 6.48. The van der Waals surface area contributed by atoms with Crippen LogP contribution in [0.3, 0.4) is 0 Å². The number of carbonyl (C=O) groups excluding carboxylic acids is 1. The van der Waals surface area contributed by atoms with Crippen LogP contribution in [-0.2, 0) is 5.54 Å². The smallest absolute Gasteiger partial charge is 0.274 e. The summed E-state index contributed by atoms with van der Waals surface area (Å²) in [6, 6.07) is 5.22. The minimum atomic E-state index is -1.87. The molecule has 0 saturated carbocycles. The molecule has 2 aromatic rings. The molecule has 0 spiro atoms. The predicted molar refractivity (Wildman–Crippen MR) is 115 cm³/mol. The van der Waals surface area contributed by atoms with Crippen LogP contribution in [0.2, 0.25) is 0 Å². The number of anilines is 1. The van der Waals surface area contributed by atoms with Crippen LogP contribution in [0.4, 0.5) is 18.9 Å². The largest absolute Gasteiger partial charge is 0.395 e. The SMILES string of the molecule is Cc1cc(C#N)cnc1C(=O)Nc1cc(F)c(F)c([C@]2(CF)C[C@](C)(CO)SC(N)=N2)c1. The van der Waals surface area contributed by atoms with Crippen molar-refractivity contribution in [3.8, 4) is 6.07 Å². The molecule has 11 heteroatoms. The number of aliphatic hydroxyl groups excluding tert-OH is 1. The van der Waals surface area contributed by atoms with Gasteiger partial charge in [0.25, 0.3) is 5.91 Å². The quantitative estimate of drug-likeness (QED) is 0.626. The summed E-state index contributed by atoms with van der Waals surface area (Å²) in [5, 5.41) is 21.0. The van der Waals surface area contributed by atoms with Crippen LogP contribution in [0.1, 0.15) is 40.5 Å². The predicted octanol–water partition coefficient (Wildman–Crippen LogP) is 3.16. The summed E-state index contributed by atoms with van der Waals surface area (Å²) in [4.78, 5) is 20.6. The summed E-state index contributed by atoms with van der Waals surface area (Å²) in [6.07, 6.45) is 1.06. The molecule has 3 rings (SSSR count). The fraction of sp³-hybridized carbons (Fsp3) is 0.333. The van der Waals surface area contributed by atoms with Gasteiger partial charge < -0.3 is 16.2 Å². The minimum Gasteiger partial charge on any atom is -0.395 e. The highest BCUT2D eigenvalue weighted by Crippen LogP contribution is 2.46. The molecule has 1 aromatic heterocycles. The lowest BCUT2D eigenvalue weighted by Gasteiger charge is -2.40. The number of benzene rings is 1. The highest BCUT2D eigenvalue weighted by atomic mass is 32.2. The van der Waals surface area contributed by atoms with Crippen molar-refractivity contribution in [2.75, 3.05) is 18.6 Å². The molecule has 4 N–H and O–H groups in total. The molecular weight excluding hydrogens is 443 g/mol. The molecule has 2 heterocycles. The number of aryl methyl sites for hydroxylation is 1. The maximum atomic E-state index is 14.8. The van der Waals surface area contributed by atoms with Crippen molar-refractivity contribution in [3.63, 3.8) is 0 Å². The Bertz CT molecular complexity index is 1150. The number of amidine groups is 1. The Morgan fingerprint density at radius 1 is 1.41 bits per heavy atom. The van der Waals surface area contributed by atoms with Gasteiger partial charge in [0.15, 0.2) is 16.8 Å². The van der Waals surface area contributed by atoms with E-state index in [4.69, 9.17) is 11.0 Å². The van der Waals surface area contributed by atoms with E-state index in [1.807, 2.05) is 6.07 Å². The number of hydrogen-bond acceptors (Lipinski definition) is 7. The topological polar surface area (TPSA) is 124 Å². The number of aromatic nitrogens is 1. The number of hydrogen-bond donors (Lipinski definition) is 3. The number of halogens is 3. The second-order valence-electron chi connectivity index (χ2n) is 7.78. The number of carbonyl (C=O) groups is 1. The molecule has 0 bridgehead atoms. The average molecular weight is 463 g/mol. The number of nitriles is 1. The molecule has 1 aromatic carbocycles. The van der Waals surface area contributed by atoms with Crippen molar-refractivity contribution in [3.05, 3.63) is 58.4 Å². The van der Waals surface area contributed by atoms with E-state index in [0.717, 1.165) is 23.9 Å². The second kappa shape index (κ2) is 8.80. The van der Waals surface area contributed by atoms with E-state index in [1.54, 1.807) is 13.8 Å². The fourth-order valence-electron chi connectivity index (χ4n) is 3.64. The van der Waals surface area contributed by atoms with Crippen molar-refractivity contribution in [2.24, 2.45) is 10.7 Å². The Morgan fingerprint density at radius 3 is 2.72 bits per heavy atom. The molecule has 0 saturated heterocycles. The van der Waals surface area contributed by atoms with Crippen molar-refractivity contribution in [1.29, 1.82) is 5.26 Å². The van der Waals surface area contributed by atoms with Gasteiger partial charge in [0.05, 0.1) is 12.2 Å². The summed E-state index contributed by atoms with van der Waals surface area (Å²) in [5.74, 6) is -3.36. The van der Waals surface area contributed by atoms with Crippen molar-refractivity contribution in [1.82, 2.24) is 4.98 Å².